The Morgan fingerprint density at radius 1 is 1.33 bits per heavy atom. The predicted octanol–water partition coefficient (Wildman–Crippen LogP) is 1.79. The molecular formula is C8H7N3S. The zero-order valence-electron chi connectivity index (χ0n) is 6.27. The zero-order valence-corrected chi connectivity index (χ0v) is 7.08. The first-order valence-corrected chi connectivity index (χ1v) is 4.34. The smallest absolute Gasteiger partial charge is 0.124 e. The second-order valence-electron chi connectivity index (χ2n) is 2.34. The van der Waals surface area contributed by atoms with E-state index in [1.165, 1.54) is 0 Å². The first kappa shape index (κ1) is 7.24. The van der Waals surface area contributed by atoms with Gasteiger partial charge in [0, 0.05) is 29.5 Å². The van der Waals surface area contributed by atoms with Crippen molar-refractivity contribution in [1.29, 1.82) is 0 Å². The minimum absolute atomic E-state index is 0.669. The summed E-state index contributed by atoms with van der Waals surface area (Å²) in [5.41, 5.74) is 7.23. The van der Waals surface area contributed by atoms with Crippen LogP contribution < -0.4 is 5.73 Å². The van der Waals surface area contributed by atoms with Crippen LogP contribution in [0, 0.1) is 0 Å². The van der Waals surface area contributed by atoms with Crippen LogP contribution in [0.4, 0.5) is 5.69 Å². The molecule has 0 radical (unpaired) electrons. The van der Waals surface area contributed by atoms with Gasteiger partial charge in [0.15, 0.2) is 0 Å². The molecule has 0 aromatic carbocycles. The van der Waals surface area contributed by atoms with Crippen LogP contribution in [-0.4, -0.2) is 9.97 Å². The molecule has 0 amide bonds. The van der Waals surface area contributed by atoms with Crippen LogP contribution in [0.15, 0.2) is 30.0 Å². The SMILES string of the molecule is Nc1cncc(-c2nccs2)c1. The Labute approximate surface area is 73.9 Å². The molecule has 3 nitrogen and oxygen atoms in total. The standard InChI is InChI=1S/C8H7N3S/c9-7-3-6(4-10-5-7)8-11-1-2-12-8/h1-5H,9H2. The molecule has 2 rings (SSSR count). The van der Waals surface area contributed by atoms with E-state index in [1.54, 1.807) is 29.9 Å². The quantitative estimate of drug-likeness (QED) is 0.722. The van der Waals surface area contributed by atoms with Crippen molar-refractivity contribution in [3.8, 4) is 10.6 Å². The lowest BCUT2D eigenvalue weighted by molar-refractivity contribution is 1.31. The highest BCUT2D eigenvalue weighted by Crippen LogP contribution is 2.21. The molecule has 4 heteroatoms. The van der Waals surface area contributed by atoms with Crippen LogP contribution in [-0.2, 0) is 0 Å². The van der Waals surface area contributed by atoms with Gasteiger partial charge >= 0.3 is 0 Å². The van der Waals surface area contributed by atoms with Gasteiger partial charge in [-0.05, 0) is 6.07 Å². The number of nitrogens with two attached hydrogens (primary N) is 1. The Morgan fingerprint density at radius 2 is 2.25 bits per heavy atom. The van der Waals surface area contributed by atoms with Gasteiger partial charge in [-0.25, -0.2) is 4.98 Å². The van der Waals surface area contributed by atoms with E-state index in [0.29, 0.717) is 5.69 Å². The summed E-state index contributed by atoms with van der Waals surface area (Å²) in [5, 5.41) is 2.88. The summed E-state index contributed by atoms with van der Waals surface area (Å²) in [7, 11) is 0. The molecule has 2 aromatic rings. The van der Waals surface area contributed by atoms with E-state index in [9.17, 15) is 0 Å². The molecule has 0 aliphatic carbocycles. The van der Waals surface area contributed by atoms with Gasteiger partial charge in [0.25, 0.3) is 0 Å². The van der Waals surface area contributed by atoms with E-state index >= 15 is 0 Å². The van der Waals surface area contributed by atoms with Gasteiger partial charge in [-0.15, -0.1) is 11.3 Å². The highest BCUT2D eigenvalue weighted by Gasteiger charge is 1.99. The van der Waals surface area contributed by atoms with Gasteiger partial charge in [0.1, 0.15) is 5.01 Å². The lowest BCUT2D eigenvalue weighted by Gasteiger charge is -1.95. The maximum atomic E-state index is 5.58. The summed E-state index contributed by atoms with van der Waals surface area (Å²) < 4.78 is 0. The van der Waals surface area contributed by atoms with Crippen molar-refractivity contribution in [3.63, 3.8) is 0 Å². The van der Waals surface area contributed by atoms with Crippen molar-refractivity contribution >= 4 is 17.0 Å². The molecular weight excluding hydrogens is 170 g/mol. The largest absolute Gasteiger partial charge is 0.397 e. The third-order valence-electron chi connectivity index (χ3n) is 1.44. The Morgan fingerprint density at radius 3 is 2.92 bits per heavy atom. The third-order valence-corrected chi connectivity index (χ3v) is 2.26. The maximum absolute atomic E-state index is 5.58. The average molecular weight is 177 g/mol. The number of thiazole rings is 1. The van der Waals surface area contributed by atoms with E-state index in [0.717, 1.165) is 10.6 Å². The molecule has 2 N–H and O–H groups in total. The lowest BCUT2D eigenvalue weighted by Crippen LogP contribution is -1.86. The summed E-state index contributed by atoms with van der Waals surface area (Å²) in [5.74, 6) is 0. The van der Waals surface area contributed by atoms with E-state index in [4.69, 9.17) is 5.73 Å². The maximum Gasteiger partial charge on any atom is 0.124 e. The molecule has 0 fully saturated rings. The highest BCUT2D eigenvalue weighted by atomic mass is 32.1. The van der Waals surface area contributed by atoms with E-state index < -0.39 is 0 Å². The van der Waals surface area contributed by atoms with Gasteiger partial charge in [-0.2, -0.15) is 0 Å². The Hall–Kier alpha value is -1.42. The summed E-state index contributed by atoms with van der Waals surface area (Å²) in [6.07, 6.45) is 5.15. The first-order valence-electron chi connectivity index (χ1n) is 3.46. The molecule has 0 spiro atoms. The number of nitrogens with zero attached hydrogens (tertiary/aromatic N) is 2. The molecule has 0 saturated carbocycles. The van der Waals surface area contributed by atoms with Crippen LogP contribution in [0.2, 0.25) is 0 Å². The molecule has 0 saturated heterocycles. The number of hydrogen-bond acceptors (Lipinski definition) is 4. The van der Waals surface area contributed by atoms with Crippen LogP contribution in [0.5, 0.6) is 0 Å². The van der Waals surface area contributed by atoms with E-state index in [2.05, 4.69) is 9.97 Å². The molecule has 2 heterocycles. The number of nitrogen functional groups attached to an aromatic ring is 1. The number of rotatable bonds is 1. The van der Waals surface area contributed by atoms with Crippen molar-refractivity contribution < 1.29 is 0 Å². The zero-order chi connectivity index (χ0) is 8.39. The molecule has 0 atom stereocenters. The Kier molecular flexibility index (Phi) is 1.75. The summed E-state index contributed by atoms with van der Waals surface area (Å²) in [6.45, 7) is 0. The van der Waals surface area contributed by atoms with Gasteiger partial charge in [-0.3, -0.25) is 4.98 Å². The monoisotopic (exact) mass is 177 g/mol. The van der Waals surface area contributed by atoms with E-state index in [-0.39, 0.29) is 0 Å². The van der Waals surface area contributed by atoms with E-state index in [1.807, 2.05) is 11.4 Å². The van der Waals surface area contributed by atoms with Crippen molar-refractivity contribution in [2.24, 2.45) is 0 Å². The van der Waals surface area contributed by atoms with Crippen molar-refractivity contribution in [2.45, 2.75) is 0 Å². The molecule has 0 aliphatic rings. The molecule has 2 aromatic heterocycles. The van der Waals surface area contributed by atoms with Gasteiger partial charge in [-0.1, -0.05) is 0 Å². The Bertz CT molecular complexity index is 370. The molecule has 0 bridgehead atoms. The summed E-state index contributed by atoms with van der Waals surface area (Å²) >= 11 is 1.58. The molecule has 0 unspecified atom stereocenters. The molecule has 60 valence electrons. The summed E-state index contributed by atoms with van der Waals surface area (Å²) in [4.78, 5) is 8.13. The number of hydrogen-bond donors (Lipinski definition) is 1. The topological polar surface area (TPSA) is 51.8 Å². The fraction of sp³-hybridized carbons (Fsp3) is 0. The van der Waals surface area contributed by atoms with Gasteiger partial charge < -0.3 is 5.73 Å². The van der Waals surface area contributed by atoms with Crippen molar-refractivity contribution in [2.75, 3.05) is 5.73 Å². The fourth-order valence-electron chi connectivity index (χ4n) is 0.941. The number of anilines is 1. The van der Waals surface area contributed by atoms with Crippen LogP contribution in [0.1, 0.15) is 0 Å². The van der Waals surface area contributed by atoms with Crippen LogP contribution in [0.3, 0.4) is 0 Å². The van der Waals surface area contributed by atoms with Crippen LogP contribution in [0.25, 0.3) is 10.6 Å². The minimum atomic E-state index is 0.669. The van der Waals surface area contributed by atoms with Crippen molar-refractivity contribution in [1.82, 2.24) is 9.97 Å². The van der Waals surface area contributed by atoms with Gasteiger partial charge in [0.05, 0.1) is 5.69 Å². The molecule has 0 aliphatic heterocycles. The molecule has 12 heavy (non-hydrogen) atoms. The first-order chi connectivity index (χ1) is 5.86. The number of pyridine rings is 1. The second-order valence-corrected chi connectivity index (χ2v) is 3.24. The van der Waals surface area contributed by atoms with Crippen LogP contribution >= 0.6 is 11.3 Å². The van der Waals surface area contributed by atoms with Crippen molar-refractivity contribution in [3.05, 3.63) is 30.0 Å². The number of aromatic nitrogens is 2. The average Bonchev–Trinajstić information content (AvgIpc) is 2.56. The lowest BCUT2D eigenvalue weighted by atomic mass is 10.3. The minimum Gasteiger partial charge on any atom is -0.397 e. The predicted molar refractivity (Wildman–Crippen MR) is 49.8 cm³/mol. The second kappa shape index (κ2) is 2.91. The highest BCUT2D eigenvalue weighted by molar-refractivity contribution is 7.13. The summed E-state index contributed by atoms with van der Waals surface area (Å²) in [6, 6.07) is 1.87. The fourth-order valence-corrected chi connectivity index (χ4v) is 1.56. The Balaban J connectivity index is 2.48. The van der Waals surface area contributed by atoms with Gasteiger partial charge in [0.2, 0.25) is 0 Å². The normalized spacial score (nSPS) is 10.0. The third kappa shape index (κ3) is 1.29.